The number of hydrogen-bond donors (Lipinski definition) is 1. The summed E-state index contributed by atoms with van der Waals surface area (Å²) < 4.78 is 30.3. The Balaban J connectivity index is 1.71. The monoisotopic (exact) mass is 453 g/mol. The summed E-state index contributed by atoms with van der Waals surface area (Å²) >= 11 is 0. The van der Waals surface area contributed by atoms with E-state index in [1.54, 1.807) is 29.8 Å². The van der Waals surface area contributed by atoms with E-state index in [-0.39, 0.29) is 30.1 Å². The second-order valence-corrected chi connectivity index (χ2v) is 10.6. The lowest BCUT2D eigenvalue weighted by Gasteiger charge is -2.38. The molecular formula is C22H23N5O4S. The molecule has 166 valence electrons. The van der Waals surface area contributed by atoms with Crippen molar-refractivity contribution in [2.75, 3.05) is 18.1 Å². The maximum Gasteiger partial charge on any atom is 0.253 e. The average molecular weight is 454 g/mol. The summed E-state index contributed by atoms with van der Waals surface area (Å²) in [7, 11) is -3.08. The molecule has 0 aliphatic carbocycles. The van der Waals surface area contributed by atoms with Gasteiger partial charge >= 0.3 is 0 Å². The number of fused-ring (bicyclic) bond motifs is 1. The third kappa shape index (κ3) is 4.16. The van der Waals surface area contributed by atoms with Gasteiger partial charge in [-0.25, -0.2) is 8.42 Å². The molecule has 1 amide bonds. The van der Waals surface area contributed by atoms with E-state index in [4.69, 9.17) is 15.1 Å². The number of nitrogens with one attached hydrogen (secondary N) is 1. The number of ether oxygens (including phenoxy) is 1. The molecule has 1 aliphatic rings. The number of hydrogen-bond acceptors (Lipinski definition) is 7. The van der Waals surface area contributed by atoms with E-state index >= 15 is 0 Å². The van der Waals surface area contributed by atoms with Gasteiger partial charge in [-0.2, -0.15) is 10.4 Å². The molecule has 3 heterocycles. The molecular weight excluding hydrogens is 430 g/mol. The predicted molar refractivity (Wildman–Crippen MR) is 119 cm³/mol. The van der Waals surface area contributed by atoms with Crippen LogP contribution < -0.4 is 10.1 Å². The lowest BCUT2D eigenvalue weighted by atomic mass is 10.1. The lowest BCUT2D eigenvalue weighted by Crippen LogP contribution is -2.63. The fraction of sp³-hybridized carbons (Fsp3) is 0.364. The Hall–Kier alpha value is -3.45. The summed E-state index contributed by atoms with van der Waals surface area (Å²) in [5.74, 6) is 0.0390. The second kappa shape index (κ2) is 7.91. The number of carbonyl (C=O) groups is 1. The van der Waals surface area contributed by atoms with Gasteiger partial charge in [-0.15, -0.1) is 0 Å². The van der Waals surface area contributed by atoms with Gasteiger partial charge in [0.1, 0.15) is 23.0 Å². The van der Waals surface area contributed by atoms with Crippen molar-refractivity contribution >= 4 is 26.8 Å². The molecule has 9 nitrogen and oxygen atoms in total. The lowest BCUT2D eigenvalue weighted by molar-refractivity contribution is 0.0916. The number of pyridine rings is 1. The molecule has 0 unspecified atom stereocenters. The van der Waals surface area contributed by atoms with Gasteiger partial charge in [-0.1, -0.05) is 12.1 Å². The fourth-order valence-electron chi connectivity index (χ4n) is 3.93. The molecule has 1 aromatic carbocycles. The van der Waals surface area contributed by atoms with Crippen LogP contribution in [-0.2, 0) is 9.84 Å². The number of nitrogens with zero attached hydrogens (tertiary/aromatic N) is 4. The zero-order chi connectivity index (χ0) is 23.1. The Morgan fingerprint density at radius 2 is 2.09 bits per heavy atom. The first kappa shape index (κ1) is 21.8. The number of amides is 1. The van der Waals surface area contributed by atoms with Crippen LogP contribution in [0.15, 0.2) is 36.5 Å². The number of rotatable bonds is 6. The van der Waals surface area contributed by atoms with E-state index in [9.17, 15) is 13.2 Å². The topological polar surface area (TPSA) is 127 Å². The molecule has 2 aromatic heterocycles. The van der Waals surface area contributed by atoms with Crippen LogP contribution in [0.4, 0.5) is 0 Å². The van der Waals surface area contributed by atoms with Crippen molar-refractivity contribution in [1.29, 1.82) is 5.26 Å². The Bertz CT molecular complexity index is 1340. The number of aromatic nitrogens is 3. The Kier molecular flexibility index (Phi) is 5.38. The van der Waals surface area contributed by atoms with Crippen molar-refractivity contribution in [2.45, 2.75) is 32.4 Å². The van der Waals surface area contributed by atoms with E-state index < -0.39 is 15.4 Å². The summed E-state index contributed by atoms with van der Waals surface area (Å²) in [5.41, 5.74) is 2.31. The summed E-state index contributed by atoms with van der Waals surface area (Å²) in [6.45, 7) is 5.63. The molecule has 32 heavy (non-hydrogen) atoms. The second-order valence-electron chi connectivity index (χ2n) is 8.50. The van der Waals surface area contributed by atoms with Crippen LogP contribution in [0.5, 0.6) is 5.75 Å². The quantitative estimate of drug-likeness (QED) is 0.607. The minimum Gasteiger partial charge on any atom is -0.479 e. The largest absolute Gasteiger partial charge is 0.479 e. The molecule has 1 fully saturated rings. The SMILES string of the molecule is CC(C)n1nc(-c2cccc(OCC#N)c2)c2ncc(C(=O)NC3(C)CS(=O)(=O)C3)cc21. The van der Waals surface area contributed by atoms with Crippen molar-refractivity contribution in [3.63, 3.8) is 0 Å². The van der Waals surface area contributed by atoms with Crippen LogP contribution >= 0.6 is 0 Å². The highest BCUT2D eigenvalue weighted by Gasteiger charge is 2.45. The molecule has 1 aliphatic heterocycles. The standard InChI is InChI=1S/C22H23N5O4S/c1-14(2)27-18-10-16(21(28)25-22(3)12-32(29,30)13-22)11-24-20(18)19(26-27)15-5-4-6-17(9-15)31-8-7-23/h4-6,9-11,14H,8,12-13H2,1-3H3,(H,25,28). The molecule has 1 saturated heterocycles. The van der Waals surface area contributed by atoms with Gasteiger partial charge in [0, 0.05) is 17.8 Å². The molecule has 0 spiro atoms. The maximum absolute atomic E-state index is 12.8. The van der Waals surface area contributed by atoms with Crippen LogP contribution in [0.2, 0.25) is 0 Å². The molecule has 0 atom stereocenters. The summed E-state index contributed by atoms with van der Waals surface area (Å²) in [6.07, 6.45) is 1.47. The zero-order valence-electron chi connectivity index (χ0n) is 18.0. The average Bonchev–Trinajstić information content (AvgIpc) is 3.10. The highest BCUT2D eigenvalue weighted by molar-refractivity contribution is 7.93. The summed E-state index contributed by atoms with van der Waals surface area (Å²) in [5, 5.41) is 16.3. The third-order valence-corrected chi connectivity index (χ3v) is 7.35. The predicted octanol–water partition coefficient (Wildman–Crippen LogP) is 2.50. The van der Waals surface area contributed by atoms with Gasteiger partial charge in [0.25, 0.3) is 5.91 Å². The van der Waals surface area contributed by atoms with E-state index in [2.05, 4.69) is 10.3 Å². The third-order valence-electron chi connectivity index (χ3n) is 5.20. The first-order valence-corrected chi connectivity index (χ1v) is 11.9. The molecule has 0 bridgehead atoms. The Morgan fingerprint density at radius 3 is 2.75 bits per heavy atom. The molecule has 3 aromatic rings. The first-order valence-electron chi connectivity index (χ1n) is 10.1. The highest BCUT2D eigenvalue weighted by Crippen LogP contribution is 2.31. The molecule has 1 N–H and O–H groups in total. The van der Waals surface area contributed by atoms with Crippen LogP contribution in [0, 0.1) is 11.3 Å². The zero-order valence-corrected chi connectivity index (χ0v) is 18.8. The normalized spacial score (nSPS) is 16.3. The van der Waals surface area contributed by atoms with Gasteiger partial charge in [0.05, 0.1) is 28.1 Å². The highest BCUT2D eigenvalue weighted by atomic mass is 32.2. The van der Waals surface area contributed by atoms with E-state index in [0.29, 0.717) is 28.0 Å². The Morgan fingerprint density at radius 1 is 1.34 bits per heavy atom. The fourth-order valence-corrected chi connectivity index (χ4v) is 5.93. The van der Waals surface area contributed by atoms with Crippen LogP contribution in [-0.4, -0.2) is 52.7 Å². The Labute approximate surface area is 185 Å². The number of sulfone groups is 1. The summed E-state index contributed by atoms with van der Waals surface area (Å²) in [4.78, 5) is 17.3. The van der Waals surface area contributed by atoms with Gasteiger partial charge in [0.15, 0.2) is 16.4 Å². The van der Waals surface area contributed by atoms with Crippen molar-refractivity contribution < 1.29 is 17.9 Å². The smallest absolute Gasteiger partial charge is 0.253 e. The minimum atomic E-state index is -3.08. The number of nitriles is 1. The minimum absolute atomic E-state index is 0.0127. The van der Waals surface area contributed by atoms with Crippen molar-refractivity contribution in [1.82, 2.24) is 20.1 Å². The van der Waals surface area contributed by atoms with E-state index in [1.807, 2.05) is 32.0 Å². The first-order chi connectivity index (χ1) is 15.1. The molecule has 10 heteroatoms. The maximum atomic E-state index is 12.8. The van der Waals surface area contributed by atoms with Gasteiger partial charge in [-0.3, -0.25) is 14.5 Å². The van der Waals surface area contributed by atoms with Gasteiger partial charge in [0.2, 0.25) is 0 Å². The summed E-state index contributed by atoms with van der Waals surface area (Å²) in [6, 6.07) is 10.9. The van der Waals surface area contributed by atoms with Crippen LogP contribution in [0.25, 0.3) is 22.3 Å². The number of benzene rings is 1. The molecule has 4 rings (SSSR count). The molecule has 0 saturated carbocycles. The van der Waals surface area contributed by atoms with Crippen LogP contribution in [0.1, 0.15) is 37.2 Å². The van der Waals surface area contributed by atoms with Crippen molar-refractivity contribution in [3.8, 4) is 23.1 Å². The van der Waals surface area contributed by atoms with Crippen LogP contribution in [0.3, 0.4) is 0 Å². The van der Waals surface area contributed by atoms with Gasteiger partial charge < -0.3 is 10.1 Å². The van der Waals surface area contributed by atoms with Crippen molar-refractivity contribution in [2.24, 2.45) is 0 Å². The van der Waals surface area contributed by atoms with E-state index in [0.717, 1.165) is 5.56 Å². The molecule has 0 radical (unpaired) electrons. The van der Waals surface area contributed by atoms with E-state index in [1.165, 1.54) is 6.20 Å². The van der Waals surface area contributed by atoms with Crippen molar-refractivity contribution in [3.05, 3.63) is 42.1 Å². The number of carbonyl (C=O) groups excluding carboxylic acids is 1. The van der Waals surface area contributed by atoms with Gasteiger partial charge in [-0.05, 0) is 39.0 Å².